The molecule has 0 radical (unpaired) electrons. The van der Waals surface area contributed by atoms with E-state index in [9.17, 15) is 9.59 Å². The first-order valence-electron chi connectivity index (χ1n) is 10.4. The van der Waals surface area contributed by atoms with Crippen LogP contribution in [0, 0.1) is 0 Å². The summed E-state index contributed by atoms with van der Waals surface area (Å²) in [6.07, 6.45) is 3.17. The van der Waals surface area contributed by atoms with Gasteiger partial charge in [-0.15, -0.1) is 0 Å². The van der Waals surface area contributed by atoms with Crippen molar-refractivity contribution in [2.45, 2.75) is 32.7 Å². The molecule has 0 atom stereocenters. The second-order valence-corrected chi connectivity index (χ2v) is 8.23. The molecular weight excluding hydrogens is 432 g/mol. The van der Waals surface area contributed by atoms with Gasteiger partial charge in [0.05, 0.1) is 23.9 Å². The molecule has 32 heavy (non-hydrogen) atoms. The number of amides is 1. The summed E-state index contributed by atoms with van der Waals surface area (Å²) in [6, 6.07) is 10.6. The highest BCUT2D eigenvalue weighted by Crippen LogP contribution is 2.37. The second kappa shape index (κ2) is 9.86. The Kier molecular flexibility index (Phi) is 6.75. The lowest BCUT2D eigenvalue weighted by Gasteiger charge is -2.06. The lowest BCUT2D eigenvalue weighted by Crippen LogP contribution is -2.22. The zero-order valence-corrected chi connectivity index (χ0v) is 18.8. The molecule has 2 heterocycles. The van der Waals surface area contributed by atoms with Crippen molar-refractivity contribution in [1.82, 2.24) is 4.57 Å². The number of benzene rings is 2. The molecule has 0 bridgehead atoms. The molecule has 1 amide bonds. The van der Waals surface area contributed by atoms with E-state index in [2.05, 4.69) is 11.9 Å². The molecule has 0 spiro atoms. The molecule has 1 aromatic heterocycles. The van der Waals surface area contributed by atoms with Crippen LogP contribution in [-0.4, -0.2) is 37.0 Å². The van der Waals surface area contributed by atoms with Crippen LogP contribution in [0.4, 0.5) is 0 Å². The average molecular weight is 457 g/mol. The van der Waals surface area contributed by atoms with E-state index in [-0.39, 0.29) is 13.3 Å². The summed E-state index contributed by atoms with van der Waals surface area (Å²) in [5.74, 6) is 0.967. The summed E-state index contributed by atoms with van der Waals surface area (Å²) in [6.45, 7) is 2.81. The molecule has 8 nitrogen and oxygen atoms in total. The minimum Gasteiger partial charge on any atom is -0.494 e. The first-order chi connectivity index (χ1) is 15.6. The van der Waals surface area contributed by atoms with E-state index in [1.54, 1.807) is 28.8 Å². The Morgan fingerprint density at radius 2 is 1.97 bits per heavy atom. The van der Waals surface area contributed by atoms with Gasteiger partial charge in [0.1, 0.15) is 12.3 Å². The summed E-state index contributed by atoms with van der Waals surface area (Å²) < 4.78 is 23.9. The summed E-state index contributed by atoms with van der Waals surface area (Å²) in [5, 5.41) is 0. The largest absolute Gasteiger partial charge is 0.494 e. The molecule has 1 aliphatic rings. The molecule has 9 heteroatoms. The van der Waals surface area contributed by atoms with Gasteiger partial charge < -0.3 is 23.5 Å². The van der Waals surface area contributed by atoms with Crippen molar-refractivity contribution in [3.05, 3.63) is 46.8 Å². The number of nitrogens with zero attached hydrogens (tertiary/aromatic N) is 2. The van der Waals surface area contributed by atoms with Crippen LogP contribution in [0.1, 0.15) is 36.5 Å². The normalized spacial score (nSPS) is 12.9. The van der Waals surface area contributed by atoms with Crippen LogP contribution in [0.5, 0.6) is 17.2 Å². The fourth-order valence-electron chi connectivity index (χ4n) is 3.30. The van der Waals surface area contributed by atoms with Gasteiger partial charge in [0, 0.05) is 17.7 Å². The van der Waals surface area contributed by atoms with Gasteiger partial charge in [0.2, 0.25) is 6.79 Å². The van der Waals surface area contributed by atoms with E-state index in [0.717, 1.165) is 24.0 Å². The predicted octanol–water partition coefficient (Wildman–Crippen LogP) is 3.91. The molecular formula is C23H24N2O6S. The van der Waals surface area contributed by atoms with Gasteiger partial charge in [-0.2, -0.15) is 4.99 Å². The van der Waals surface area contributed by atoms with E-state index in [0.29, 0.717) is 39.7 Å². The Bertz CT molecular complexity index is 1210. The number of hydrogen-bond donors (Lipinski definition) is 0. The molecule has 3 aromatic rings. The van der Waals surface area contributed by atoms with Crippen molar-refractivity contribution in [3.8, 4) is 17.2 Å². The molecule has 0 saturated heterocycles. The van der Waals surface area contributed by atoms with Gasteiger partial charge in [-0.3, -0.25) is 9.59 Å². The van der Waals surface area contributed by atoms with Gasteiger partial charge >= 0.3 is 5.97 Å². The fraction of sp³-hybridized carbons (Fsp3) is 0.348. The molecule has 1 aliphatic heterocycles. The molecule has 4 rings (SSSR count). The Hall–Kier alpha value is -3.33. The maximum absolute atomic E-state index is 12.9. The topological polar surface area (TPSA) is 88.4 Å². The van der Waals surface area contributed by atoms with Crippen molar-refractivity contribution in [1.29, 1.82) is 0 Å². The zero-order chi connectivity index (χ0) is 22.5. The van der Waals surface area contributed by atoms with Gasteiger partial charge in [0.15, 0.2) is 16.3 Å². The lowest BCUT2D eigenvalue weighted by molar-refractivity contribution is -0.141. The Morgan fingerprint density at radius 1 is 1.16 bits per heavy atom. The number of unbranched alkanes of at least 4 members (excludes halogenated alkanes) is 2. The van der Waals surface area contributed by atoms with Crippen molar-refractivity contribution in [3.63, 3.8) is 0 Å². The molecule has 168 valence electrons. The van der Waals surface area contributed by atoms with Crippen LogP contribution < -0.4 is 19.0 Å². The third kappa shape index (κ3) is 4.77. The van der Waals surface area contributed by atoms with Crippen molar-refractivity contribution in [2.24, 2.45) is 4.99 Å². The summed E-state index contributed by atoms with van der Waals surface area (Å²) in [5.41, 5.74) is 1.12. The van der Waals surface area contributed by atoms with Crippen LogP contribution in [-0.2, 0) is 16.1 Å². The second-order valence-electron chi connectivity index (χ2n) is 7.22. The first-order valence-corrected chi connectivity index (χ1v) is 11.2. The maximum atomic E-state index is 12.9. The van der Waals surface area contributed by atoms with E-state index in [4.69, 9.17) is 18.9 Å². The van der Waals surface area contributed by atoms with Crippen molar-refractivity contribution in [2.75, 3.05) is 20.5 Å². The molecule has 0 N–H and O–H groups in total. The number of methoxy groups -OCH3 is 1. The summed E-state index contributed by atoms with van der Waals surface area (Å²) >= 11 is 1.29. The molecule has 2 aromatic carbocycles. The highest BCUT2D eigenvalue weighted by molar-refractivity contribution is 7.16. The smallest absolute Gasteiger partial charge is 0.325 e. The minimum absolute atomic E-state index is 0.0805. The van der Waals surface area contributed by atoms with Crippen LogP contribution in [0.15, 0.2) is 41.4 Å². The van der Waals surface area contributed by atoms with Crippen LogP contribution in [0.3, 0.4) is 0 Å². The third-order valence-corrected chi connectivity index (χ3v) is 6.03. The quantitative estimate of drug-likeness (QED) is 0.377. The number of hydrogen-bond acceptors (Lipinski definition) is 7. The Balaban J connectivity index is 1.67. The summed E-state index contributed by atoms with van der Waals surface area (Å²) in [4.78, 5) is 29.6. The number of aromatic nitrogens is 1. The predicted molar refractivity (Wildman–Crippen MR) is 119 cm³/mol. The minimum atomic E-state index is -0.446. The van der Waals surface area contributed by atoms with Crippen LogP contribution in [0.25, 0.3) is 10.2 Å². The number of fused-ring (bicyclic) bond motifs is 2. The third-order valence-electron chi connectivity index (χ3n) is 4.99. The van der Waals surface area contributed by atoms with E-state index in [1.165, 1.54) is 18.4 Å². The number of carbonyl (C=O) groups excluding carboxylic acids is 2. The van der Waals surface area contributed by atoms with Gasteiger partial charge in [-0.1, -0.05) is 37.2 Å². The van der Waals surface area contributed by atoms with E-state index in [1.807, 2.05) is 12.1 Å². The standard InChI is InChI=1S/C23H24N2O6S/c1-3-4-5-9-29-16-8-6-7-15(10-16)22(27)24-23-25(13-21(26)28-2)17-11-18-19(31-14-30-18)12-20(17)32-23/h6-8,10-12H,3-5,9,13-14H2,1-2H3. The number of rotatable bonds is 8. The SMILES string of the molecule is CCCCCOc1cccc(C(=O)N=c2sc3cc4c(cc3n2CC(=O)OC)OCO4)c1. The Morgan fingerprint density at radius 3 is 2.75 bits per heavy atom. The molecule has 0 saturated carbocycles. The highest BCUT2D eigenvalue weighted by atomic mass is 32.1. The number of ether oxygens (including phenoxy) is 4. The maximum Gasteiger partial charge on any atom is 0.325 e. The first kappa shape index (κ1) is 21.9. The number of thiazole rings is 1. The van der Waals surface area contributed by atoms with Gasteiger partial charge in [0.25, 0.3) is 5.91 Å². The van der Waals surface area contributed by atoms with Crippen molar-refractivity contribution >= 4 is 33.4 Å². The van der Waals surface area contributed by atoms with Crippen LogP contribution in [0.2, 0.25) is 0 Å². The zero-order valence-electron chi connectivity index (χ0n) is 18.0. The van der Waals surface area contributed by atoms with Crippen molar-refractivity contribution < 1.29 is 28.5 Å². The van der Waals surface area contributed by atoms with E-state index >= 15 is 0 Å². The Labute approximate surface area is 189 Å². The lowest BCUT2D eigenvalue weighted by atomic mass is 10.2. The van der Waals surface area contributed by atoms with Gasteiger partial charge in [-0.05, 0) is 24.6 Å². The van der Waals surface area contributed by atoms with Crippen LogP contribution >= 0.6 is 11.3 Å². The molecule has 0 unspecified atom stereocenters. The van der Waals surface area contributed by atoms with Gasteiger partial charge in [-0.25, -0.2) is 0 Å². The molecule has 0 aliphatic carbocycles. The van der Waals surface area contributed by atoms with E-state index < -0.39 is 11.9 Å². The fourth-order valence-corrected chi connectivity index (χ4v) is 4.34. The number of carbonyl (C=O) groups is 2. The highest BCUT2D eigenvalue weighted by Gasteiger charge is 2.19. The monoisotopic (exact) mass is 456 g/mol. The molecule has 0 fully saturated rings. The number of esters is 1. The average Bonchev–Trinajstić information content (AvgIpc) is 3.39. The summed E-state index contributed by atoms with van der Waals surface area (Å²) in [7, 11) is 1.32.